The summed E-state index contributed by atoms with van der Waals surface area (Å²) in [6, 6.07) is 37.8. The van der Waals surface area contributed by atoms with E-state index < -0.39 is 0 Å². The number of likely N-dealkylation sites (tertiary alicyclic amines) is 2. The molecule has 2 aromatic heterocycles. The molecule has 0 N–H and O–H groups in total. The lowest BCUT2D eigenvalue weighted by molar-refractivity contribution is -0.689. The Kier molecular flexibility index (Phi) is 10.7. The van der Waals surface area contributed by atoms with E-state index in [-0.39, 0.29) is 11.8 Å². The van der Waals surface area contributed by atoms with Crippen molar-refractivity contribution in [2.45, 2.75) is 51.6 Å². The van der Waals surface area contributed by atoms with Gasteiger partial charge in [-0.25, -0.2) is 0 Å². The van der Waals surface area contributed by atoms with Crippen molar-refractivity contribution in [2.75, 3.05) is 26.2 Å². The Morgan fingerprint density at radius 2 is 0.860 bits per heavy atom. The molecule has 3 aromatic carbocycles. The van der Waals surface area contributed by atoms with Crippen molar-refractivity contribution < 1.29 is 18.7 Å². The lowest BCUT2D eigenvalue weighted by Gasteiger charge is -2.32. The van der Waals surface area contributed by atoms with Crippen LogP contribution in [-0.4, -0.2) is 47.8 Å². The van der Waals surface area contributed by atoms with E-state index in [9.17, 15) is 9.59 Å². The van der Waals surface area contributed by atoms with Crippen LogP contribution in [0.1, 0.15) is 68.7 Å². The van der Waals surface area contributed by atoms with Crippen LogP contribution in [0.2, 0.25) is 0 Å². The van der Waals surface area contributed by atoms with Crippen LogP contribution in [0.3, 0.4) is 0 Å². The van der Waals surface area contributed by atoms with E-state index >= 15 is 0 Å². The maximum absolute atomic E-state index is 13.4. The van der Waals surface area contributed by atoms with Crippen LogP contribution in [0.4, 0.5) is 0 Å². The van der Waals surface area contributed by atoms with Crippen molar-refractivity contribution in [1.29, 1.82) is 0 Å². The molecule has 0 unspecified atom stereocenters. The molecule has 254 valence electrons. The normalized spacial score (nSPS) is 15.6. The van der Waals surface area contributed by atoms with Crippen LogP contribution in [0.15, 0.2) is 134 Å². The van der Waals surface area contributed by atoms with Gasteiger partial charge in [-0.15, -0.1) is 0 Å². The van der Waals surface area contributed by atoms with E-state index in [0.29, 0.717) is 24.9 Å². The highest BCUT2D eigenvalue weighted by atomic mass is 16.2. The molecule has 0 radical (unpaired) electrons. The zero-order chi connectivity index (χ0) is 34.1. The Morgan fingerprint density at radius 3 is 1.24 bits per heavy atom. The molecule has 50 heavy (non-hydrogen) atoms. The summed E-state index contributed by atoms with van der Waals surface area (Å²) >= 11 is 0. The number of rotatable bonds is 10. The monoisotopic (exact) mass is 664 g/mol. The van der Waals surface area contributed by atoms with Crippen molar-refractivity contribution >= 4 is 11.8 Å². The van der Waals surface area contributed by atoms with Crippen molar-refractivity contribution in [1.82, 2.24) is 9.80 Å². The van der Waals surface area contributed by atoms with Gasteiger partial charge in [0.2, 0.25) is 0 Å². The Morgan fingerprint density at radius 1 is 0.480 bits per heavy atom. The molecule has 7 rings (SSSR count). The Balaban J connectivity index is 0.895. The van der Waals surface area contributed by atoms with Crippen LogP contribution in [0.25, 0.3) is 0 Å². The molecule has 2 amide bonds. The molecular weight excluding hydrogens is 617 g/mol. The van der Waals surface area contributed by atoms with Crippen LogP contribution >= 0.6 is 0 Å². The highest BCUT2D eigenvalue weighted by molar-refractivity contribution is 5.94. The number of hydrogen-bond acceptors (Lipinski definition) is 2. The van der Waals surface area contributed by atoms with E-state index in [1.165, 1.54) is 22.3 Å². The molecule has 2 aliphatic rings. The summed E-state index contributed by atoms with van der Waals surface area (Å²) in [6.45, 7) is 4.65. The second kappa shape index (κ2) is 16.1. The molecule has 5 aromatic rings. The molecule has 0 atom stereocenters. The number of amides is 2. The van der Waals surface area contributed by atoms with Gasteiger partial charge in [0.25, 0.3) is 11.8 Å². The average Bonchev–Trinajstić information content (AvgIpc) is 3.17. The zero-order valence-corrected chi connectivity index (χ0v) is 28.9. The van der Waals surface area contributed by atoms with E-state index in [0.717, 1.165) is 75.8 Å². The molecular formula is C44H48N4O2+2. The van der Waals surface area contributed by atoms with Gasteiger partial charge in [0.05, 0.1) is 0 Å². The SMILES string of the molecule is O=C(c1ccc[n+](Cc2ccc(C[n+]3cccc(C(=O)N4CCC(Cc5ccccc5)CC4)c3)cc2)c1)N1CCC(Cc2ccccc2)CC1. The fourth-order valence-electron chi connectivity index (χ4n) is 7.61. The quantitative estimate of drug-likeness (QED) is 0.159. The molecule has 0 aliphatic carbocycles. The van der Waals surface area contributed by atoms with Crippen LogP contribution in [-0.2, 0) is 25.9 Å². The van der Waals surface area contributed by atoms with Crippen molar-refractivity contribution in [2.24, 2.45) is 11.8 Å². The number of carbonyl (C=O) groups excluding carboxylic acids is 2. The predicted octanol–water partition coefficient (Wildman–Crippen LogP) is 6.55. The zero-order valence-electron chi connectivity index (χ0n) is 28.9. The van der Waals surface area contributed by atoms with E-state index in [2.05, 4.69) is 94.1 Å². The van der Waals surface area contributed by atoms with E-state index in [1.54, 1.807) is 0 Å². The second-order valence-electron chi connectivity index (χ2n) is 14.2. The molecule has 0 spiro atoms. The standard InChI is InChI=1S/C44H48N4O2/c49-43(47-25-19-37(20-26-47)29-35-9-3-1-4-10-35)41-13-7-23-45(33-41)31-39-15-17-40(18-16-39)32-46-24-8-14-42(34-46)44(50)48-27-21-38(22-28-48)30-36-11-5-2-6-12-36/h1-18,23-24,33-34,37-38H,19-22,25-32H2/q+2. The first-order valence-corrected chi connectivity index (χ1v) is 18.3. The van der Waals surface area contributed by atoms with E-state index in [4.69, 9.17) is 0 Å². The fourth-order valence-corrected chi connectivity index (χ4v) is 7.61. The van der Waals surface area contributed by atoms with Gasteiger partial charge in [0.15, 0.2) is 37.9 Å². The van der Waals surface area contributed by atoms with Crippen molar-refractivity contribution in [3.05, 3.63) is 167 Å². The van der Waals surface area contributed by atoms with Gasteiger partial charge in [-0.3, -0.25) is 9.59 Å². The first-order valence-electron chi connectivity index (χ1n) is 18.3. The smallest absolute Gasteiger partial charge is 0.259 e. The van der Waals surface area contributed by atoms with Crippen LogP contribution < -0.4 is 9.13 Å². The molecule has 2 saturated heterocycles. The number of nitrogens with zero attached hydrogens (tertiary/aromatic N) is 4. The first-order chi connectivity index (χ1) is 24.6. The van der Waals surface area contributed by atoms with Crippen molar-refractivity contribution in [3.8, 4) is 0 Å². The molecule has 0 saturated carbocycles. The number of pyridine rings is 2. The third kappa shape index (κ3) is 8.73. The van der Waals surface area contributed by atoms with Gasteiger partial charge < -0.3 is 9.80 Å². The molecule has 0 bridgehead atoms. The molecule has 6 nitrogen and oxygen atoms in total. The van der Waals surface area contributed by atoms with Gasteiger partial charge in [0.1, 0.15) is 11.1 Å². The lowest BCUT2D eigenvalue weighted by atomic mass is 9.90. The third-order valence-electron chi connectivity index (χ3n) is 10.5. The summed E-state index contributed by atoms with van der Waals surface area (Å²) < 4.78 is 4.19. The first kappa shape index (κ1) is 33.4. The van der Waals surface area contributed by atoms with Crippen LogP contribution in [0, 0.1) is 11.8 Å². The number of benzene rings is 3. The maximum Gasteiger partial charge on any atom is 0.259 e. The fraction of sp³-hybridized carbons (Fsp3) is 0.318. The van der Waals surface area contributed by atoms with Gasteiger partial charge >= 0.3 is 0 Å². The highest BCUT2D eigenvalue weighted by Crippen LogP contribution is 2.24. The molecule has 2 fully saturated rings. The van der Waals surface area contributed by atoms with Crippen molar-refractivity contribution in [3.63, 3.8) is 0 Å². The Hall–Kier alpha value is -5.10. The largest absolute Gasteiger partial charge is 0.338 e. The average molecular weight is 665 g/mol. The number of hydrogen-bond donors (Lipinski definition) is 0. The Labute approximate surface area is 296 Å². The highest BCUT2D eigenvalue weighted by Gasteiger charge is 2.26. The number of piperidine rings is 2. The molecule has 2 aliphatic heterocycles. The summed E-state index contributed by atoms with van der Waals surface area (Å²) in [5, 5.41) is 0. The second-order valence-corrected chi connectivity index (χ2v) is 14.2. The van der Waals surface area contributed by atoms with Gasteiger partial charge in [0, 0.05) is 49.4 Å². The Bertz CT molecular complexity index is 1720. The summed E-state index contributed by atoms with van der Waals surface area (Å²) in [5.74, 6) is 1.51. The number of carbonyl (C=O) groups is 2. The molecule has 6 heteroatoms. The predicted molar refractivity (Wildman–Crippen MR) is 195 cm³/mol. The minimum atomic E-state index is 0.123. The van der Waals surface area contributed by atoms with Gasteiger partial charge in [-0.05, 0) is 73.6 Å². The summed E-state index contributed by atoms with van der Waals surface area (Å²) in [7, 11) is 0. The van der Waals surface area contributed by atoms with Crippen LogP contribution in [0.5, 0.6) is 0 Å². The minimum absolute atomic E-state index is 0.123. The summed E-state index contributed by atoms with van der Waals surface area (Å²) in [6.07, 6.45) is 14.4. The maximum atomic E-state index is 13.4. The third-order valence-corrected chi connectivity index (χ3v) is 10.5. The minimum Gasteiger partial charge on any atom is -0.338 e. The van der Waals surface area contributed by atoms with E-state index in [1.807, 2.05) is 58.9 Å². The van der Waals surface area contributed by atoms with Gasteiger partial charge in [-0.2, -0.15) is 9.13 Å². The molecule has 4 heterocycles. The topological polar surface area (TPSA) is 48.4 Å². The summed E-state index contributed by atoms with van der Waals surface area (Å²) in [4.78, 5) is 30.8. The lowest BCUT2D eigenvalue weighted by Crippen LogP contribution is -2.41. The van der Waals surface area contributed by atoms with Gasteiger partial charge in [-0.1, -0.05) is 84.9 Å². The summed E-state index contributed by atoms with van der Waals surface area (Å²) in [5.41, 5.74) is 6.61. The number of aromatic nitrogens is 2.